The van der Waals surface area contributed by atoms with E-state index in [-0.39, 0.29) is 5.56 Å². The van der Waals surface area contributed by atoms with E-state index in [2.05, 4.69) is 9.97 Å². The fourth-order valence-corrected chi connectivity index (χ4v) is 2.25. The highest BCUT2D eigenvalue weighted by Crippen LogP contribution is 2.13. The second kappa shape index (κ2) is 7.02. The third-order valence-corrected chi connectivity index (χ3v) is 3.46. The first-order valence-electron chi connectivity index (χ1n) is 7.28. The van der Waals surface area contributed by atoms with Gasteiger partial charge in [-0.05, 0) is 23.8 Å². The number of pyridine rings is 1. The van der Waals surface area contributed by atoms with Crippen LogP contribution in [0.4, 0.5) is 0 Å². The average Bonchev–Trinajstić information content (AvgIpc) is 2.59. The van der Waals surface area contributed by atoms with Gasteiger partial charge in [0.1, 0.15) is 12.4 Å². The summed E-state index contributed by atoms with van der Waals surface area (Å²) in [4.78, 5) is 20.7. The molecule has 0 atom stereocenters. The second-order valence-corrected chi connectivity index (χ2v) is 5.06. The van der Waals surface area contributed by atoms with Gasteiger partial charge in [-0.2, -0.15) is 0 Å². The molecule has 2 heterocycles. The molecule has 23 heavy (non-hydrogen) atoms. The molecule has 0 radical (unpaired) electrons. The Labute approximate surface area is 133 Å². The number of aromatic nitrogens is 3. The third-order valence-electron chi connectivity index (χ3n) is 3.46. The SMILES string of the molecule is COCCOc1ccc(Cn2cnc3ccncc3c2=O)cc1. The van der Waals surface area contributed by atoms with Crippen LogP contribution in [0.1, 0.15) is 5.56 Å². The number of methoxy groups -OCH3 is 1. The monoisotopic (exact) mass is 311 g/mol. The Balaban J connectivity index is 1.77. The van der Waals surface area contributed by atoms with Crippen LogP contribution in [0.2, 0.25) is 0 Å². The molecule has 0 amide bonds. The van der Waals surface area contributed by atoms with E-state index >= 15 is 0 Å². The molecule has 0 saturated heterocycles. The maximum absolute atomic E-state index is 12.4. The van der Waals surface area contributed by atoms with E-state index < -0.39 is 0 Å². The van der Waals surface area contributed by atoms with Gasteiger partial charge in [0, 0.05) is 19.5 Å². The maximum atomic E-state index is 12.4. The van der Waals surface area contributed by atoms with Crippen molar-refractivity contribution in [3.05, 3.63) is 65.0 Å². The molecule has 0 bridgehead atoms. The molecule has 0 spiro atoms. The lowest BCUT2D eigenvalue weighted by Crippen LogP contribution is -2.21. The van der Waals surface area contributed by atoms with Crippen LogP contribution in [0.5, 0.6) is 5.75 Å². The van der Waals surface area contributed by atoms with Gasteiger partial charge in [0.2, 0.25) is 0 Å². The van der Waals surface area contributed by atoms with Crippen molar-refractivity contribution in [2.45, 2.75) is 6.54 Å². The summed E-state index contributed by atoms with van der Waals surface area (Å²) in [6.45, 7) is 1.51. The molecule has 3 aromatic rings. The largest absolute Gasteiger partial charge is 0.491 e. The number of fused-ring (bicyclic) bond motifs is 1. The summed E-state index contributed by atoms with van der Waals surface area (Å²) in [5.74, 6) is 0.777. The fourth-order valence-electron chi connectivity index (χ4n) is 2.25. The number of ether oxygens (including phenoxy) is 2. The van der Waals surface area contributed by atoms with E-state index in [4.69, 9.17) is 9.47 Å². The summed E-state index contributed by atoms with van der Waals surface area (Å²) in [6.07, 6.45) is 4.74. The highest BCUT2D eigenvalue weighted by atomic mass is 16.5. The molecule has 3 rings (SSSR count). The summed E-state index contributed by atoms with van der Waals surface area (Å²) in [5, 5.41) is 0.523. The van der Waals surface area contributed by atoms with Gasteiger partial charge < -0.3 is 9.47 Å². The minimum absolute atomic E-state index is 0.0940. The second-order valence-electron chi connectivity index (χ2n) is 5.06. The lowest BCUT2D eigenvalue weighted by Gasteiger charge is -2.08. The zero-order chi connectivity index (χ0) is 16.1. The summed E-state index contributed by atoms with van der Waals surface area (Å²) in [6, 6.07) is 9.36. The minimum atomic E-state index is -0.0940. The quantitative estimate of drug-likeness (QED) is 0.650. The van der Waals surface area contributed by atoms with Gasteiger partial charge in [0.05, 0.1) is 30.4 Å². The number of hydrogen-bond acceptors (Lipinski definition) is 5. The predicted octanol–water partition coefficient (Wildman–Crippen LogP) is 1.86. The van der Waals surface area contributed by atoms with E-state index in [0.29, 0.717) is 30.7 Å². The standard InChI is InChI=1S/C17H17N3O3/c1-22-8-9-23-14-4-2-13(3-5-14)11-20-12-19-16-6-7-18-10-15(16)17(20)21/h2-7,10,12H,8-9,11H2,1H3. The Kier molecular flexibility index (Phi) is 4.63. The van der Waals surface area contributed by atoms with E-state index in [0.717, 1.165) is 11.3 Å². The van der Waals surface area contributed by atoms with Crippen LogP contribution in [0.3, 0.4) is 0 Å². The Bertz CT molecular complexity index is 844. The zero-order valence-corrected chi connectivity index (χ0v) is 12.8. The van der Waals surface area contributed by atoms with Gasteiger partial charge in [-0.3, -0.25) is 14.3 Å². The lowest BCUT2D eigenvalue weighted by molar-refractivity contribution is 0.146. The van der Waals surface area contributed by atoms with E-state index in [9.17, 15) is 4.79 Å². The summed E-state index contributed by atoms with van der Waals surface area (Å²) >= 11 is 0. The number of rotatable bonds is 6. The Morgan fingerprint density at radius 1 is 1.13 bits per heavy atom. The first kappa shape index (κ1) is 15.2. The molecule has 0 aliphatic rings. The van der Waals surface area contributed by atoms with Crippen LogP contribution in [0.25, 0.3) is 10.9 Å². The normalized spacial score (nSPS) is 10.8. The molecule has 1 aromatic carbocycles. The summed E-state index contributed by atoms with van der Waals surface area (Å²) in [7, 11) is 1.64. The molecule has 0 N–H and O–H groups in total. The maximum Gasteiger partial charge on any atom is 0.263 e. The fraction of sp³-hybridized carbons (Fsp3) is 0.235. The van der Waals surface area contributed by atoms with Crippen molar-refractivity contribution in [3.8, 4) is 5.75 Å². The first-order chi connectivity index (χ1) is 11.3. The molecule has 0 aliphatic carbocycles. The molecule has 6 nitrogen and oxygen atoms in total. The van der Waals surface area contributed by atoms with Crippen molar-refractivity contribution in [3.63, 3.8) is 0 Å². The van der Waals surface area contributed by atoms with E-state index in [1.165, 1.54) is 0 Å². The van der Waals surface area contributed by atoms with Crippen molar-refractivity contribution in [1.82, 2.24) is 14.5 Å². The van der Waals surface area contributed by atoms with Crippen LogP contribution >= 0.6 is 0 Å². The smallest absolute Gasteiger partial charge is 0.263 e. The highest BCUT2D eigenvalue weighted by Gasteiger charge is 2.05. The van der Waals surface area contributed by atoms with Crippen LogP contribution < -0.4 is 10.3 Å². The Morgan fingerprint density at radius 2 is 1.96 bits per heavy atom. The molecule has 0 fully saturated rings. The van der Waals surface area contributed by atoms with Crippen molar-refractivity contribution in [1.29, 1.82) is 0 Å². The third kappa shape index (κ3) is 3.54. The summed E-state index contributed by atoms with van der Waals surface area (Å²) < 4.78 is 12.0. The van der Waals surface area contributed by atoms with Crippen LogP contribution in [0, 0.1) is 0 Å². The van der Waals surface area contributed by atoms with Gasteiger partial charge in [0.25, 0.3) is 5.56 Å². The molecule has 118 valence electrons. The topological polar surface area (TPSA) is 66.2 Å². The van der Waals surface area contributed by atoms with Crippen LogP contribution in [0.15, 0.2) is 53.8 Å². The molecule has 2 aromatic heterocycles. The molecule has 6 heteroatoms. The van der Waals surface area contributed by atoms with Crippen molar-refractivity contribution < 1.29 is 9.47 Å². The Morgan fingerprint density at radius 3 is 2.74 bits per heavy atom. The molecule has 0 saturated carbocycles. The average molecular weight is 311 g/mol. The van der Waals surface area contributed by atoms with Gasteiger partial charge in [0.15, 0.2) is 0 Å². The van der Waals surface area contributed by atoms with E-state index in [1.54, 1.807) is 36.5 Å². The minimum Gasteiger partial charge on any atom is -0.491 e. The molecule has 0 unspecified atom stereocenters. The van der Waals surface area contributed by atoms with Crippen LogP contribution in [-0.4, -0.2) is 34.9 Å². The highest BCUT2D eigenvalue weighted by molar-refractivity contribution is 5.75. The summed E-state index contributed by atoms with van der Waals surface area (Å²) in [5.41, 5.74) is 1.56. The van der Waals surface area contributed by atoms with Crippen molar-refractivity contribution in [2.75, 3.05) is 20.3 Å². The van der Waals surface area contributed by atoms with Crippen LogP contribution in [-0.2, 0) is 11.3 Å². The lowest BCUT2D eigenvalue weighted by atomic mass is 10.2. The number of hydrogen-bond donors (Lipinski definition) is 0. The van der Waals surface area contributed by atoms with Gasteiger partial charge in [-0.15, -0.1) is 0 Å². The van der Waals surface area contributed by atoms with Gasteiger partial charge in [-0.1, -0.05) is 12.1 Å². The number of nitrogens with zero attached hydrogens (tertiary/aromatic N) is 3. The molecular formula is C17H17N3O3. The number of benzene rings is 1. The van der Waals surface area contributed by atoms with E-state index in [1.807, 2.05) is 24.3 Å². The first-order valence-corrected chi connectivity index (χ1v) is 7.28. The van der Waals surface area contributed by atoms with Gasteiger partial charge >= 0.3 is 0 Å². The Hall–Kier alpha value is -2.73. The van der Waals surface area contributed by atoms with Gasteiger partial charge in [-0.25, -0.2) is 4.98 Å². The zero-order valence-electron chi connectivity index (χ0n) is 12.8. The molecular weight excluding hydrogens is 294 g/mol. The predicted molar refractivity (Wildman–Crippen MR) is 86.7 cm³/mol. The van der Waals surface area contributed by atoms with Crippen molar-refractivity contribution in [2.24, 2.45) is 0 Å². The van der Waals surface area contributed by atoms with Crippen molar-refractivity contribution >= 4 is 10.9 Å². The molecule has 0 aliphatic heterocycles.